The van der Waals surface area contributed by atoms with Gasteiger partial charge in [0.25, 0.3) is 0 Å². The van der Waals surface area contributed by atoms with Crippen molar-refractivity contribution in [3.63, 3.8) is 0 Å². The Bertz CT molecular complexity index is 576. The van der Waals surface area contributed by atoms with E-state index in [1.807, 2.05) is 37.3 Å². The Morgan fingerprint density at radius 2 is 1.90 bits per heavy atom. The lowest BCUT2D eigenvalue weighted by molar-refractivity contribution is 0.232. The smallest absolute Gasteiger partial charge is 0.142 e. The fraction of sp³-hybridized carbons (Fsp3) is 0.294. The lowest BCUT2D eigenvalue weighted by Gasteiger charge is -2.22. The minimum Gasteiger partial charge on any atom is -0.395 e. The third kappa shape index (κ3) is 4.53. The summed E-state index contributed by atoms with van der Waals surface area (Å²) in [5.74, 6) is -0.425. The lowest BCUT2D eigenvalue weighted by Crippen LogP contribution is -2.36. The molecule has 0 heterocycles. The van der Waals surface area contributed by atoms with E-state index in [2.05, 4.69) is 5.32 Å². The van der Waals surface area contributed by atoms with Gasteiger partial charge in [-0.1, -0.05) is 48.0 Å². The Kier molecular flexibility index (Phi) is 5.74. The standard InChI is InChI=1S/C17H19ClFNO/c1-12(14-7-8-16(18)17(19)10-14)20-15(11-21)9-13-5-3-2-4-6-13/h2-8,10,12,15,20-21H,9,11H2,1H3/t12?,15-/m1/s1. The fourth-order valence-corrected chi connectivity index (χ4v) is 2.42. The van der Waals surface area contributed by atoms with Gasteiger partial charge in [0.2, 0.25) is 0 Å². The first-order valence-corrected chi connectivity index (χ1v) is 7.33. The van der Waals surface area contributed by atoms with Gasteiger partial charge in [-0.3, -0.25) is 0 Å². The molecule has 1 unspecified atom stereocenters. The third-order valence-corrected chi connectivity index (χ3v) is 3.78. The van der Waals surface area contributed by atoms with Gasteiger partial charge in [0.15, 0.2) is 0 Å². The molecule has 2 rings (SSSR count). The zero-order valence-electron chi connectivity index (χ0n) is 11.9. The van der Waals surface area contributed by atoms with Crippen molar-refractivity contribution >= 4 is 11.6 Å². The van der Waals surface area contributed by atoms with Gasteiger partial charge in [-0.15, -0.1) is 0 Å². The highest BCUT2D eigenvalue weighted by Gasteiger charge is 2.14. The minimum absolute atomic E-state index is 0.0231. The van der Waals surface area contributed by atoms with Crippen LogP contribution in [0.15, 0.2) is 48.5 Å². The number of hydrogen-bond donors (Lipinski definition) is 2. The molecule has 0 aliphatic heterocycles. The Balaban J connectivity index is 2.02. The molecule has 0 spiro atoms. The summed E-state index contributed by atoms with van der Waals surface area (Å²) >= 11 is 5.69. The number of aliphatic hydroxyl groups excluding tert-OH is 1. The summed E-state index contributed by atoms with van der Waals surface area (Å²) in [6.07, 6.45) is 0.720. The SMILES string of the molecule is CC(N[C@@H](CO)Cc1ccccc1)c1ccc(Cl)c(F)c1. The van der Waals surface area contributed by atoms with Crippen molar-refractivity contribution in [3.8, 4) is 0 Å². The van der Waals surface area contributed by atoms with Crippen LogP contribution >= 0.6 is 11.6 Å². The summed E-state index contributed by atoms with van der Waals surface area (Å²) in [6, 6.07) is 14.6. The largest absolute Gasteiger partial charge is 0.395 e. The molecule has 21 heavy (non-hydrogen) atoms. The van der Waals surface area contributed by atoms with E-state index >= 15 is 0 Å². The van der Waals surface area contributed by atoms with E-state index in [-0.39, 0.29) is 23.7 Å². The molecule has 0 amide bonds. The van der Waals surface area contributed by atoms with Crippen LogP contribution < -0.4 is 5.32 Å². The number of benzene rings is 2. The molecule has 0 aromatic heterocycles. The summed E-state index contributed by atoms with van der Waals surface area (Å²) in [4.78, 5) is 0. The van der Waals surface area contributed by atoms with Crippen LogP contribution in [0.3, 0.4) is 0 Å². The average Bonchev–Trinajstić information content (AvgIpc) is 2.50. The van der Waals surface area contributed by atoms with Gasteiger partial charge < -0.3 is 10.4 Å². The molecule has 2 nitrogen and oxygen atoms in total. The molecule has 112 valence electrons. The van der Waals surface area contributed by atoms with E-state index in [1.54, 1.807) is 12.1 Å². The highest BCUT2D eigenvalue weighted by Crippen LogP contribution is 2.20. The quantitative estimate of drug-likeness (QED) is 0.852. The Labute approximate surface area is 129 Å². The van der Waals surface area contributed by atoms with Crippen molar-refractivity contribution in [1.29, 1.82) is 0 Å². The summed E-state index contributed by atoms with van der Waals surface area (Å²) in [5, 5.41) is 13.0. The predicted octanol–water partition coefficient (Wildman–Crippen LogP) is 3.73. The molecule has 2 aromatic carbocycles. The van der Waals surface area contributed by atoms with E-state index in [0.29, 0.717) is 0 Å². The molecule has 0 fully saturated rings. The van der Waals surface area contributed by atoms with E-state index in [0.717, 1.165) is 17.5 Å². The van der Waals surface area contributed by atoms with Gasteiger partial charge in [-0.05, 0) is 36.6 Å². The van der Waals surface area contributed by atoms with Gasteiger partial charge in [0.1, 0.15) is 5.82 Å². The third-order valence-electron chi connectivity index (χ3n) is 3.47. The molecule has 4 heteroatoms. The van der Waals surface area contributed by atoms with Crippen LogP contribution in [0.25, 0.3) is 0 Å². The van der Waals surface area contributed by atoms with E-state index in [4.69, 9.17) is 11.6 Å². The van der Waals surface area contributed by atoms with Gasteiger partial charge in [0, 0.05) is 12.1 Å². The van der Waals surface area contributed by atoms with Crippen molar-refractivity contribution < 1.29 is 9.50 Å². The molecule has 0 bridgehead atoms. The molecule has 0 aliphatic rings. The zero-order valence-corrected chi connectivity index (χ0v) is 12.6. The first-order valence-electron chi connectivity index (χ1n) is 6.96. The highest BCUT2D eigenvalue weighted by molar-refractivity contribution is 6.30. The van der Waals surface area contributed by atoms with E-state index in [9.17, 15) is 9.50 Å². The number of hydrogen-bond acceptors (Lipinski definition) is 2. The first-order chi connectivity index (χ1) is 10.1. The van der Waals surface area contributed by atoms with Crippen molar-refractivity contribution in [2.24, 2.45) is 0 Å². The first kappa shape index (κ1) is 16.0. The Morgan fingerprint density at radius 1 is 1.19 bits per heavy atom. The van der Waals surface area contributed by atoms with Crippen LogP contribution in [0.4, 0.5) is 4.39 Å². The van der Waals surface area contributed by atoms with Gasteiger partial charge in [-0.25, -0.2) is 4.39 Å². The zero-order chi connectivity index (χ0) is 15.2. The van der Waals surface area contributed by atoms with Crippen LogP contribution in [0.5, 0.6) is 0 Å². The molecule has 0 aliphatic carbocycles. The van der Waals surface area contributed by atoms with Crippen LogP contribution in [0.1, 0.15) is 24.1 Å². The maximum Gasteiger partial charge on any atom is 0.142 e. The van der Waals surface area contributed by atoms with Gasteiger partial charge in [-0.2, -0.15) is 0 Å². The maximum absolute atomic E-state index is 13.5. The second-order valence-corrected chi connectivity index (χ2v) is 5.54. The van der Waals surface area contributed by atoms with Gasteiger partial charge in [0.05, 0.1) is 11.6 Å². The average molecular weight is 308 g/mol. The van der Waals surface area contributed by atoms with Gasteiger partial charge >= 0.3 is 0 Å². The Morgan fingerprint density at radius 3 is 2.52 bits per heavy atom. The molecule has 2 aromatic rings. The monoisotopic (exact) mass is 307 g/mol. The van der Waals surface area contributed by atoms with Crippen molar-refractivity contribution in [2.75, 3.05) is 6.61 Å². The van der Waals surface area contributed by atoms with Crippen LogP contribution in [-0.2, 0) is 6.42 Å². The summed E-state index contributed by atoms with van der Waals surface area (Å²) in [5.41, 5.74) is 1.96. The van der Waals surface area contributed by atoms with Crippen molar-refractivity contribution in [2.45, 2.75) is 25.4 Å². The topological polar surface area (TPSA) is 32.3 Å². The normalized spacial score (nSPS) is 13.9. The second-order valence-electron chi connectivity index (χ2n) is 5.13. The molecule has 0 saturated heterocycles. The molecular formula is C17H19ClFNO. The fourth-order valence-electron chi connectivity index (χ4n) is 2.31. The van der Waals surface area contributed by atoms with E-state index in [1.165, 1.54) is 6.07 Å². The molecule has 0 saturated carbocycles. The summed E-state index contributed by atoms with van der Waals surface area (Å²) in [7, 11) is 0. The second kappa shape index (κ2) is 7.55. The van der Waals surface area contributed by atoms with Crippen molar-refractivity contribution in [3.05, 3.63) is 70.5 Å². The van der Waals surface area contributed by atoms with Crippen LogP contribution in [0.2, 0.25) is 5.02 Å². The van der Waals surface area contributed by atoms with E-state index < -0.39 is 5.82 Å². The minimum atomic E-state index is -0.425. The van der Waals surface area contributed by atoms with Crippen molar-refractivity contribution in [1.82, 2.24) is 5.32 Å². The maximum atomic E-state index is 13.5. The molecule has 2 atom stereocenters. The number of rotatable bonds is 6. The number of aliphatic hydroxyl groups is 1. The molecular weight excluding hydrogens is 289 g/mol. The highest BCUT2D eigenvalue weighted by atomic mass is 35.5. The molecule has 2 N–H and O–H groups in total. The lowest BCUT2D eigenvalue weighted by atomic mass is 10.0. The predicted molar refractivity (Wildman–Crippen MR) is 84.0 cm³/mol. The Hall–Kier alpha value is -1.42. The molecule has 0 radical (unpaired) electrons. The van der Waals surface area contributed by atoms with Crippen LogP contribution in [0, 0.1) is 5.82 Å². The number of nitrogens with one attached hydrogen (secondary N) is 1. The summed E-state index contributed by atoms with van der Waals surface area (Å²) in [6.45, 7) is 1.96. The summed E-state index contributed by atoms with van der Waals surface area (Å²) < 4.78 is 13.5. The van der Waals surface area contributed by atoms with Crippen LogP contribution in [-0.4, -0.2) is 17.8 Å². The number of halogens is 2.